The zero-order chi connectivity index (χ0) is 31.2. The van der Waals surface area contributed by atoms with Crippen molar-refractivity contribution >= 4 is 27.5 Å². The summed E-state index contributed by atoms with van der Waals surface area (Å²) in [4.78, 5) is 28.1. The molecule has 0 heterocycles. The second kappa shape index (κ2) is 13.4. The lowest BCUT2D eigenvalue weighted by atomic mass is 10.1. The maximum absolute atomic E-state index is 13.9. The first-order chi connectivity index (χ1) is 19.6. The summed E-state index contributed by atoms with van der Waals surface area (Å²) in [5.41, 5.74) is 1.07. The van der Waals surface area contributed by atoms with Crippen LogP contribution in [0.2, 0.25) is 0 Å². The second-order valence-corrected chi connectivity index (χ2v) is 12.2. The summed E-state index contributed by atoms with van der Waals surface area (Å²) in [6.07, 6.45) is -4.08. The maximum atomic E-state index is 13.9. The Labute approximate surface area is 245 Å². The highest BCUT2D eigenvalue weighted by molar-refractivity contribution is 7.92. The molecule has 11 heteroatoms. The second-order valence-electron chi connectivity index (χ2n) is 10.4. The first kappa shape index (κ1) is 32.7. The van der Waals surface area contributed by atoms with Crippen LogP contribution in [0.5, 0.6) is 0 Å². The summed E-state index contributed by atoms with van der Waals surface area (Å²) in [6, 6.07) is 15.7. The van der Waals surface area contributed by atoms with Gasteiger partial charge in [-0.2, -0.15) is 13.2 Å². The van der Waals surface area contributed by atoms with E-state index in [0.717, 1.165) is 23.3 Å². The summed E-state index contributed by atoms with van der Waals surface area (Å²) in [5, 5.41) is 2.84. The molecular formula is C31H36F3N3O4S. The molecule has 3 aromatic rings. The Morgan fingerprint density at radius 2 is 1.48 bits per heavy atom. The van der Waals surface area contributed by atoms with Gasteiger partial charge in [0.25, 0.3) is 10.0 Å². The largest absolute Gasteiger partial charge is 0.416 e. The highest BCUT2D eigenvalue weighted by Crippen LogP contribution is 2.33. The minimum Gasteiger partial charge on any atom is -0.352 e. The van der Waals surface area contributed by atoms with E-state index < -0.39 is 46.2 Å². The smallest absolute Gasteiger partial charge is 0.352 e. The first-order valence-corrected chi connectivity index (χ1v) is 15.0. The summed E-state index contributed by atoms with van der Waals surface area (Å²) >= 11 is 0. The van der Waals surface area contributed by atoms with Gasteiger partial charge >= 0.3 is 6.18 Å². The third-order valence-electron chi connectivity index (χ3n) is 6.99. The van der Waals surface area contributed by atoms with Crippen molar-refractivity contribution in [1.29, 1.82) is 0 Å². The van der Waals surface area contributed by atoms with Crippen molar-refractivity contribution in [1.82, 2.24) is 10.2 Å². The van der Waals surface area contributed by atoms with Crippen LogP contribution in [0, 0.1) is 13.8 Å². The van der Waals surface area contributed by atoms with E-state index in [1.807, 2.05) is 32.9 Å². The average Bonchev–Trinajstić information content (AvgIpc) is 2.94. The number of benzene rings is 3. The Bertz CT molecular complexity index is 1490. The molecular weight excluding hydrogens is 567 g/mol. The molecule has 2 amide bonds. The van der Waals surface area contributed by atoms with Gasteiger partial charge in [-0.3, -0.25) is 13.9 Å². The van der Waals surface area contributed by atoms with Crippen molar-refractivity contribution < 1.29 is 31.2 Å². The zero-order valence-electron chi connectivity index (χ0n) is 24.3. The van der Waals surface area contributed by atoms with Gasteiger partial charge in [-0.15, -0.1) is 0 Å². The number of amides is 2. The van der Waals surface area contributed by atoms with E-state index in [9.17, 15) is 31.2 Å². The number of rotatable bonds is 11. The van der Waals surface area contributed by atoms with Crippen LogP contribution in [0.25, 0.3) is 0 Å². The molecule has 3 rings (SSSR count). The van der Waals surface area contributed by atoms with Gasteiger partial charge in [0.05, 0.1) is 16.1 Å². The minimum atomic E-state index is -4.74. The maximum Gasteiger partial charge on any atom is 0.416 e. The van der Waals surface area contributed by atoms with Gasteiger partial charge in [-0.1, -0.05) is 60.5 Å². The van der Waals surface area contributed by atoms with Crippen LogP contribution in [-0.2, 0) is 32.3 Å². The third-order valence-corrected chi connectivity index (χ3v) is 8.78. The normalized spacial score (nSPS) is 13.2. The molecule has 7 nitrogen and oxygen atoms in total. The number of hydrogen-bond donors (Lipinski definition) is 1. The molecule has 0 unspecified atom stereocenters. The average molecular weight is 604 g/mol. The summed E-state index contributed by atoms with van der Waals surface area (Å²) < 4.78 is 69.1. The van der Waals surface area contributed by atoms with E-state index >= 15 is 0 Å². The fraction of sp³-hybridized carbons (Fsp3) is 0.355. The Hall–Kier alpha value is -3.86. The summed E-state index contributed by atoms with van der Waals surface area (Å²) in [5.74, 6) is -1.19. The molecule has 0 aliphatic heterocycles. The number of hydrogen-bond acceptors (Lipinski definition) is 4. The number of aryl methyl sites for hydroxylation is 2. The van der Waals surface area contributed by atoms with Crippen molar-refractivity contribution in [3.05, 3.63) is 95.1 Å². The lowest BCUT2D eigenvalue weighted by Crippen LogP contribution is -2.52. The third kappa shape index (κ3) is 8.12. The molecule has 0 saturated carbocycles. The molecule has 226 valence electrons. The molecule has 42 heavy (non-hydrogen) atoms. The number of sulfonamides is 1. The van der Waals surface area contributed by atoms with Gasteiger partial charge < -0.3 is 10.2 Å². The predicted molar refractivity (Wildman–Crippen MR) is 156 cm³/mol. The van der Waals surface area contributed by atoms with Crippen LogP contribution in [0.1, 0.15) is 49.4 Å². The van der Waals surface area contributed by atoms with E-state index in [0.29, 0.717) is 22.4 Å². The zero-order valence-corrected chi connectivity index (χ0v) is 25.1. The van der Waals surface area contributed by atoms with E-state index in [1.54, 1.807) is 31.2 Å². The lowest BCUT2D eigenvalue weighted by Gasteiger charge is -2.32. The highest BCUT2D eigenvalue weighted by Gasteiger charge is 2.35. The van der Waals surface area contributed by atoms with Gasteiger partial charge in [-0.25, -0.2) is 8.42 Å². The predicted octanol–water partition coefficient (Wildman–Crippen LogP) is 5.85. The lowest BCUT2D eigenvalue weighted by molar-refractivity contribution is -0.139. The number of alkyl halides is 3. The molecule has 0 aromatic heterocycles. The number of carbonyl (C=O) groups excluding carboxylic acids is 2. The summed E-state index contributed by atoms with van der Waals surface area (Å²) in [7, 11) is -4.49. The van der Waals surface area contributed by atoms with E-state index in [1.165, 1.54) is 30.0 Å². The fourth-order valence-corrected chi connectivity index (χ4v) is 5.55. The van der Waals surface area contributed by atoms with Crippen molar-refractivity contribution in [2.45, 2.75) is 70.7 Å². The number of nitrogens with zero attached hydrogens (tertiary/aromatic N) is 2. The fourth-order valence-electron chi connectivity index (χ4n) is 4.14. The van der Waals surface area contributed by atoms with Crippen LogP contribution in [0.3, 0.4) is 0 Å². The molecule has 0 aliphatic rings. The minimum absolute atomic E-state index is 0.0186. The molecule has 0 saturated heterocycles. The van der Waals surface area contributed by atoms with Crippen LogP contribution in [-0.4, -0.2) is 43.8 Å². The molecule has 3 aromatic carbocycles. The van der Waals surface area contributed by atoms with E-state index in [4.69, 9.17) is 0 Å². The number of anilines is 1. The van der Waals surface area contributed by atoms with Gasteiger partial charge in [0.1, 0.15) is 12.6 Å². The van der Waals surface area contributed by atoms with Crippen molar-refractivity contribution in [2.75, 3.05) is 10.8 Å². The van der Waals surface area contributed by atoms with Crippen LogP contribution >= 0.6 is 0 Å². The number of carbonyl (C=O) groups is 2. The van der Waals surface area contributed by atoms with Crippen LogP contribution in [0.4, 0.5) is 18.9 Å². The SMILES string of the molecule is CC[C@H](C)NC(=O)[C@H](C)N(Cc1ccc(C)cc1)C(=O)CN(c1cccc(C(F)(F)F)c1)S(=O)(=O)c1ccc(C)cc1. The topological polar surface area (TPSA) is 86.8 Å². The molecule has 0 aliphatic carbocycles. The standard InChI is InChI=1S/C31H36F3N3O4S/c1-6-23(4)35-30(39)24(5)36(19-25-14-10-21(2)11-15-25)29(38)20-37(27-9-7-8-26(18-27)31(32,33)34)42(40,41)28-16-12-22(3)13-17-28/h7-18,23-24H,6,19-20H2,1-5H3,(H,35,39)/t23-,24-/m0/s1. The van der Waals surface area contributed by atoms with E-state index in [2.05, 4.69) is 5.32 Å². The molecule has 0 fully saturated rings. The first-order valence-electron chi connectivity index (χ1n) is 13.6. The van der Waals surface area contributed by atoms with Crippen LogP contribution < -0.4 is 9.62 Å². The number of halogens is 3. The Kier molecular flexibility index (Phi) is 10.4. The van der Waals surface area contributed by atoms with E-state index in [-0.39, 0.29) is 23.2 Å². The molecule has 0 radical (unpaired) electrons. The Balaban J connectivity index is 2.08. The van der Waals surface area contributed by atoms with Gasteiger partial charge in [-0.05, 0) is 70.0 Å². The van der Waals surface area contributed by atoms with Crippen molar-refractivity contribution in [2.24, 2.45) is 0 Å². The summed E-state index contributed by atoms with van der Waals surface area (Å²) in [6.45, 7) is 8.07. The Morgan fingerprint density at radius 1 is 0.905 bits per heavy atom. The molecule has 1 N–H and O–H groups in total. The molecule has 0 spiro atoms. The van der Waals surface area contributed by atoms with Crippen molar-refractivity contribution in [3.8, 4) is 0 Å². The molecule has 0 bridgehead atoms. The van der Waals surface area contributed by atoms with Gasteiger partial charge in [0, 0.05) is 12.6 Å². The van der Waals surface area contributed by atoms with Gasteiger partial charge in [0.2, 0.25) is 11.8 Å². The van der Waals surface area contributed by atoms with Crippen molar-refractivity contribution in [3.63, 3.8) is 0 Å². The van der Waals surface area contributed by atoms with Crippen LogP contribution in [0.15, 0.2) is 77.7 Å². The monoisotopic (exact) mass is 603 g/mol. The highest BCUT2D eigenvalue weighted by atomic mass is 32.2. The van der Waals surface area contributed by atoms with Gasteiger partial charge in [0.15, 0.2) is 0 Å². The quantitative estimate of drug-likeness (QED) is 0.298. The number of nitrogens with one attached hydrogen (secondary N) is 1. The Morgan fingerprint density at radius 3 is 2.02 bits per heavy atom. The molecule has 2 atom stereocenters.